The van der Waals surface area contributed by atoms with E-state index in [1.807, 2.05) is 23.1 Å². The highest BCUT2D eigenvalue weighted by Crippen LogP contribution is 2.33. The second kappa shape index (κ2) is 7.84. The summed E-state index contributed by atoms with van der Waals surface area (Å²) in [5, 5.41) is 8.98. The number of ether oxygens (including phenoxy) is 2. The van der Waals surface area contributed by atoms with Crippen LogP contribution in [0.3, 0.4) is 0 Å². The Balaban J connectivity index is 1.59. The minimum absolute atomic E-state index is 0.118. The molecule has 1 aliphatic carbocycles. The highest BCUT2D eigenvalue weighted by molar-refractivity contribution is 5.93. The molecule has 8 heteroatoms. The van der Waals surface area contributed by atoms with E-state index >= 15 is 0 Å². The van der Waals surface area contributed by atoms with Crippen molar-refractivity contribution in [1.29, 1.82) is 0 Å². The van der Waals surface area contributed by atoms with Crippen molar-refractivity contribution in [3.8, 4) is 11.5 Å². The number of nitrogens with zero attached hydrogens (tertiary/aromatic N) is 3. The maximum atomic E-state index is 13.2. The number of hydrogen-bond donors (Lipinski definition) is 1. The van der Waals surface area contributed by atoms with Crippen molar-refractivity contribution in [2.24, 2.45) is 0 Å². The fraction of sp³-hybridized carbons (Fsp3) is 0.400. The van der Waals surface area contributed by atoms with Crippen molar-refractivity contribution >= 4 is 11.9 Å². The van der Waals surface area contributed by atoms with Crippen LogP contribution in [0, 0.1) is 0 Å². The highest BCUT2D eigenvalue weighted by atomic mass is 16.7. The third kappa shape index (κ3) is 3.76. The van der Waals surface area contributed by atoms with Gasteiger partial charge in [-0.25, -0.2) is 14.8 Å². The van der Waals surface area contributed by atoms with E-state index in [4.69, 9.17) is 14.6 Å². The van der Waals surface area contributed by atoms with Crippen LogP contribution in [0.2, 0.25) is 0 Å². The molecule has 0 atom stereocenters. The van der Waals surface area contributed by atoms with E-state index in [0.29, 0.717) is 18.0 Å². The van der Waals surface area contributed by atoms with Crippen LogP contribution in [0.15, 0.2) is 30.6 Å². The maximum absolute atomic E-state index is 13.2. The molecule has 1 N–H and O–H groups in total. The largest absolute Gasteiger partial charge is 0.476 e. The summed E-state index contributed by atoms with van der Waals surface area (Å²) in [4.78, 5) is 33.9. The molecular formula is C20H21N3O5. The summed E-state index contributed by atoms with van der Waals surface area (Å²) in [7, 11) is 0. The van der Waals surface area contributed by atoms with Crippen molar-refractivity contribution < 1.29 is 24.2 Å². The summed E-state index contributed by atoms with van der Waals surface area (Å²) in [6, 6.07) is 5.79. The number of carbonyl (C=O) groups excluding carboxylic acids is 1. The van der Waals surface area contributed by atoms with E-state index in [9.17, 15) is 9.59 Å². The number of carbonyl (C=O) groups is 2. The van der Waals surface area contributed by atoms with Gasteiger partial charge in [-0.3, -0.25) is 4.79 Å². The van der Waals surface area contributed by atoms with Crippen LogP contribution < -0.4 is 9.47 Å². The molecule has 1 saturated carbocycles. The Morgan fingerprint density at radius 2 is 1.75 bits per heavy atom. The molecule has 0 bridgehead atoms. The van der Waals surface area contributed by atoms with E-state index in [2.05, 4.69) is 9.97 Å². The number of fused-ring (bicyclic) bond motifs is 1. The van der Waals surface area contributed by atoms with Gasteiger partial charge in [-0.15, -0.1) is 0 Å². The lowest BCUT2D eigenvalue weighted by Crippen LogP contribution is -2.41. The zero-order valence-corrected chi connectivity index (χ0v) is 15.3. The van der Waals surface area contributed by atoms with Crippen LogP contribution in [0.1, 0.15) is 58.6 Å². The van der Waals surface area contributed by atoms with Gasteiger partial charge in [-0.2, -0.15) is 0 Å². The maximum Gasteiger partial charge on any atom is 0.356 e. The number of rotatable bonds is 5. The minimum Gasteiger partial charge on any atom is -0.476 e. The molecule has 2 heterocycles. The van der Waals surface area contributed by atoms with Gasteiger partial charge in [0.1, 0.15) is 5.69 Å². The molecule has 2 aliphatic rings. The number of aromatic nitrogens is 2. The Morgan fingerprint density at radius 3 is 2.46 bits per heavy atom. The van der Waals surface area contributed by atoms with E-state index in [1.54, 1.807) is 0 Å². The van der Waals surface area contributed by atoms with Gasteiger partial charge in [0.15, 0.2) is 17.2 Å². The van der Waals surface area contributed by atoms with Crippen molar-refractivity contribution in [2.45, 2.75) is 44.7 Å². The van der Waals surface area contributed by atoms with Crippen LogP contribution in [-0.2, 0) is 6.54 Å². The molecule has 1 aromatic heterocycles. The second-order valence-corrected chi connectivity index (χ2v) is 7.00. The van der Waals surface area contributed by atoms with Crippen LogP contribution in [0.5, 0.6) is 11.5 Å². The molecule has 0 saturated heterocycles. The molecule has 1 fully saturated rings. The Morgan fingerprint density at radius 1 is 1.04 bits per heavy atom. The van der Waals surface area contributed by atoms with Gasteiger partial charge in [0, 0.05) is 12.6 Å². The van der Waals surface area contributed by atoms with E-state index in [1.165, 1.54) is 12.6 Å². The lowest BCUT2D eigenvalue weighted by atomic mass is 9.93. The summed E-state index contributed by atoms with van der Waals surface area (Å²) >= 11 is 0. The van der Waals surface area contributed by atoms with Gasteiger partial charge < -0.3 is 19.5 Å². The van der Waals surface area contributed by atoms with Crippen LogP contribution in [0.25, 0.3) is 0 Å². The summed E-state index contributed by atoms with van der Waals surface area (Å²) < 4.78 is 10.8. The molecule has 146 valence electrons. The Kier molecular flexibility index (Phi) is 5.10. The first kappa shape index (κ1) is 18.2. The first-order chi connectivity index (χ1) is 13.6. The predicted octanol–water partition coefficient (Wildman–Crippen LogP) is 2.88. The van der Waals surface area contributed by atoms with Gasteiger partial charge in [-0.1, -0.05) is 25.3 Å². The summed E-state index contributed by atoms with van der Waals surface area (Å²) in [6.07, 6.45) is 7.58. The normalized spacial score (nSPS) is 16.0. The van der Waals surface area contributed by atoms with Crippen molar-refractivity contribution in [1.82, 2.24) is 14.9 Å². The smallest absolute Gasteiger partial charge is 0.356 e. The molecule has 1 aromatic carbocycles. The number of hydrogen-bond acceptors (Lipinski definition) is 6. The van der Waals surface area contributed by atoms with E-state index < -0.39 is 5.97 Å². The molecular weight excluding hydrogens is 362 g/mol. The van der Waals surface area contributed by atoms with Gasteiger partial charge in [0.05, 0.1) is 12.4 Å². The topological polar surface area (TPSA) is 102 Å². The van der Waals surface area contributed by atoms with Crippen molar-refractivity contribution in [2.75, 3.05) is 6.79 Å². The van der Waals surface area contributed by atoms with E-state index in [-0.39, 0.29) is 30.1 Å². The molecule has 1 amide bonds. The van der Waals surface area contributed by atoms with Crippen LogP contribution >= 0.6 is 0 Å². The summed E-state index contributed by atoms with van der Waals surface area (Å²) in [5.74, 6) is -0.0291. The van der Waals surface area contributed by atoms with Crippen LogP contribution in [0.4, 0.5) is 0 Å². The molecule has 4 rings (SSSR count). The van der Waals surface area contributed by atoms with Gasteiger partial charge >= 0.3 is 5.97 Å². The zero-order chi connectivity index (χ0) is 19.5. The molecule has 1 aliphatic heterocycles. The van der Waals surface area contributed by atoms with Gasteiger partial charge in [-0.05, 0) is 30.5 Å². The zero-order valence-electron chi connectivity index (χ0n) is 15.3. The van der Waals surface area contributed by atoms with Crippen LogP contribution in [-0.4, -0.2) is 44.7 Å². The molecule has 2 aromatic rings. The fourth-order valence-corrected chi connectivity index (χ4v) is 3.69. The van der Waals surface area contributed by atoms with Crippen molar-refractivity contribution in [3.05, 3.63) is 47.5 Å². The number of benzene rings is 1. The number of carboxylic acid groups (broad SMARTS) is 1. The average Bonchev–Trinajstić information content (AvgIpc) is 3.20. The number of aromatic carboxylic acids is 1. The predicted molar refractivity (Wildman–Crippen MR) is 98.3 cm³/mol. The standard InChI is InChI=1S/C20H21N3O5/c24-19(15-9-22-16(10-21-15)20(25)26)23(14-4-2-1-3-5-14)11-13-6-7-17-18(8-13)28-12-27-17/h6-10,14H,1-5,11-12H2,(H,25,26). The lowest BCUT2D eigenvalue weighted by Gasteiger charge is -2.34. The Hall–Kier alpha value is -3.16. The molecule has 0 unspecified atom stereocenters. The molecule has 28 heavy (non-hydrogen) atoms. The first-order valence-corrected chi connectivity index (χ1v) is 9.36. The van der Waals surface area contributed by atoms with Crippen molar-refractivity contribution in [3.63, 3.8) is 0 Å². The summed E-state index contributed by atoms with van der Waals surface area (Å²) in [5.41, 5.74) is 0.908. The van der Waals surface area contributed by atoms with E-state index in [0.717, 1.165) is 37.4 Å². The third-order valence-corrected chi connectivity index (χ3v) is 5.16. The fourth-order valence-electron chi connectivity index (χ4n) is 3.69. The SMILES string of the molecule is O=C(O)c1cnc(C(=O)N(Cc2ccc3c(c2)OCO3)C2CCCCC2)cn1. The molecule has 0 radical (unpaired) electrons. The Bertz CT molecular complexity index is 878. The minimum atomic E-state index is -1.17. The van der Waals surface area contributed by atoms with Gasteiger partial charge in [0.2, 0.25) is 6.79 Å². The number of carboxylic acids is 1. The summed E-state index contributed by atoms with van der Waals surface area (Å²) in [6.45, 7) is 0.623. The highest BCUT2D eigenvalue weighted by Gasteiger charge is 2.28. The first-order valence-electron chi connectivity index (χ1n) is 9.36. The van der Waals surface area contributed by atoms with Gasteiger partial charge in [0.25, 0.3) is 5.91 Å². The Labute approximate surface area is 162 Å². The average molecular weight is 383 g/mol. The molecule has 0 spiro atoms. The monoisotopic (exact) mass is 383 g/mol. The third-order valence-electron chi connectivity index (χ3n) is 5.16. The molecule has 8 nitrogen and oxygen atoms in total. The second-order valence-electron chi connectivity index (χ2n) is 7.00. The number of amides is 1. The quantitative estimate of drug-likeness (QED) is 0.847. The lowest BCUT2D eigenvalue weighted by molar-refractivity contribution is 0.0604.